The van der Waals surface area contributed by atoms with E-state index >= 15 is 0 Å². The first-order valence-corrected chi connectivity index (χ1v) is 6.44. The lowest BCUT2D eigenvalue weighted by Gasteiger charge is -2.08. The Morgan fingerprint density at radius 2 is 2.21 bits per heavy atom. The maximum Gasteiger partial charge on any atom is 0.283 e. The van der Waals surface area contributed by atoms with Crippen molar-refractivity contribution in [2.45, 2.75) is 13.5 Å². The quantitative estimate of drug-likeness (QED) is 0.689. The Morgan fingerprint density at radius 3 is 2.84 bits per heavy atom. The van der Waals surface area contributed by atoms with Crippen molar-refractivity contribution in [1.29, 1.82) is 0 Å². The fourth-order valence-corrected chi connectivity index (χ4v) is 2.17. The summed E-state index contributed by atoms with van der Waals surface area (Å²) < 4.78 is 0.463. The molecule has 0 amide bonds. The van der Waals surface area contributed by atoms with E-state index in [-0.39, 0.29) is 5.69 Å². The van der Waals surface area contributed by atoms with Gasteiger partial charge in [-0.3, -0.25) is 15.1 Å². The molecule has 0 spiro atoms. The van der Waals surface area contributed by atoms with Gasteiger partial charge in [0.25, 0.3) is 5.69 Å². The van der Waals surface area contributed by atoms with Crippen LogP contribution >= 0.6 is 15.9 Å². The number of halogens is 1. The van der Waals surface area contributed by atoms with Gasteiger partial charge in [0.15, 0.2) is 0 Å². The van der Waals surface area contributed by atoms with E-state index in [1.165, 1.54) is 6.07 Å². The van der Waals surface area contributed by atoms with Crippen LogP contribution in [0.4, 0.5) is 11.4 Å². The summed E-state index contributed by atoms with van der Waals surface area (Å²) in [6.45, 7) is 2.65. The monoisotopic (exact) mass is 321 g/mol. The molecule has 2 aromatic rings. The van der Waals surface area contributed by atoms with Gasteiger partial charge in [-0.25, -0.2) is 0 Å². The lowest BCUT2D eigenvalue weighted by Crippen LogP contribution is -2.02. The van der Waals surface area contributed by atoms with Crippen LogP contribution in [-0.2, 0) is 6.54 Å². The minimum Gasteiger partial charge on any atom is -0.381 e. The molecule has 0 radical (unpaired) electrons. The minimum absolute atomic E-state index is 0.0584. The summed E-state index contributed by atoms with van der Waals surface area (Å²) >= 11 is 3.19. The van der Waals surface area contributed by atoms with Crippen molar-refractivity contribution in [3.05, 3.63) is 62.4 Å². The number of nitrogens with one attached hydrogen (secondary N) is 1. The Kier molecular flexibility index (Phi) is 4.11. The number of nitro groups is 1. The van der Waals surface area contributed by atoms with Gasteiger partial charge in [-0.15, -0.1) is 0 Å². The Hall–Kier alpha value is -1.95. The minimum atomic E-state index is -0.418. The zero-order valence-electron chi connectivity index (χ0n) is 10.3. The van der Waals surface area contributed by atoms with Gasteiger partial charge in [-0.05, 0) is 52.2 Å². The van der Waals surface area contributed by atoms with Crippen LogP contribution in [0.25, 0.3) is 0 Å². The lowest BCUT2D eigenvalue weighted by atomic mass is 10.1. The van der Waals surface area contributed by atoms with Crippen LogP contribution in [-0.4, -0.2) is 9.91 Å². The van der Waals surface area contributed by atoms with Gasteiger partial charge in [0, 0.05) is 30.7 Å². The normalized spacial score (nSPS) is 10.2. The molecule has 0 aliphatic rings. The van der Waals surface area contributed by atoms with Crippen LogP contribution in [0.15, 0.2) is 41.1 Å². The zero-order chi connectivity index (χ0) is 13.8. The third-order valence-corrected chi connectivity index (χ3v) is 3.41. The molecule has 5 nitrogen and oxygen atoms in total. The molecular weight excluding hydrogens is 310 g/mol. The third kappa shape index (κ3) is 3.29. The van der Waals surface area contributed by atoms with E-state index in [1.807, 2.05) is 19.2 Å². The maximum absolute atomic E-state index is 10.7. The molecule has 19 heavy (non-hydrogen) atoms. The Balaban J connectivity index is 2.11. The van der Waals surface area contributed by atoms with E-state index in [1.54, 1.807) is 18.3 Å². The number of aromatic nitrogens is 1. The van der Waals surface area contributed by atoms with Gasteiger partial charge in [0.2, 0.25) is 0 Å². The lowest BCUT2D eigenvalue weighted by molar-refractivity contribution is -0.385. The van der Waals surface area contributed by atoms with Crippen LogP contribution in [0, 0.1) is 17.0 Å². The van der Waals surface area contributed by atoms with Crippen LogP contribution in [0.2, 0.25) is 0 Å². The zero-order valence-corrected chi connectivity index (χ0v) is 11.8. The number of nitro benzene ring substituents is 1. The Morgan fingerprint density at radius 1 is 1.42 bits per heavy atom. The average molecular weight is 322 g/mol. The molecule has 0 unspecified atom stereocenters. The second kappa shape index (κ2) is 5.79. The fraction of sp³-hybridized carbons (Fsp3) is 0.154. The highest BCUT2D eigenvalue weighted by molar-refractivity contribution is 9.10. The molecular formula is C13H12BrN3O2. The molecule has 0 saturated carbocycles. The molecule has 98 valence electrons. The average Bonchev–Trinajstić information content (AvgIpc) is 2.37. The van der Waals surface area contributed by atoms with Crippen molar-refractivity contribution in [2.75, 3.05) is 5.32 Å². The highest BCUT2D eigenvalue weighted by Gasteiger charge is 2.11. The standard InChI is InChI=1S/C13H12BrN3O2/c1-9-4-5-15-7-10(9)8-16-11-2-3-13(17(18)19)12(14)6-11/h2-7,16H,8H2,1H3. The third-order valence-electron chi connectivity index (χ3n) is 2.77. The largest absolute Gasteiger partial charge is 0.381 e. The van der Waals surface area contributed by atoms with E-state index in [4.69, 9.17) is 0 Å². The number of nitrogens with zero attached hydrogens (tertiary/aromatic N) is 2. The van der Waals surface area contributed by atoms with Gasteiger partial charge < -0.3 is 5.32 Å². The molecule has 1 heterocycles. The molecule has 0 aliphatic carbocycles. The van der Waals surface area contributed by atoms with Gasteiger partial charge in [-0.2, -0.15) is 0 Å². The van der Waals surface area contributed by atoms with Crippen LogP contribution in [0.5, 0.6) is 0 Å². The predicted octanol–water partition coefficient (Wildman–Crippen LogP) is 3.67. The predicted molar refractivity (Wildman–Crippen MR) is 77.1 cm³/mol. The summed E-state index contributed by atoms with van der Waals surface area (Å²) in [5, 5.41) is 13.9. The molecule has 0 bridgehead atoms. The van der Waals surface area contributed by atoms with Crippen molar-refractivity contribution in [3.8, 4) is 0 Å². The van der Waals surface area contributed by atoms with E-state index < -0.39 is 4.92 Å². The fourth-order valence-electron chi connectivity index (χ4n) is 1.64. The Labute approximate surface area is 119 Å². The SMILES string of the molecule is Cc1ccncc1CNc1ccc([N+](=O)[O-])c(Br)c1. The van der Waals surface area contributed by atoms with Crippen molar-refractivity contribution < 1.29 is 4.92 Å². The maximum atomic E-state index is 10.7. The smallest absolute Gasteiger partial charge is 0.283 e. The van der Waals surface area contributed by atoms with E-state index in [2.05, 4.69) is 26.2 Å². The number of hydrogen-bond acceptors (Lipinski definition) is 4. The van der Waals surface area contributed by atoms with Crippen molar-refractivity contribution >= 4 is 27.3 Å². The highest BCUT2D eigenvalue weighted by atomic mass is 79.9. The van der Waals surface area contributed by atoms with Gasteiger partial charge in [0.1, 0.15) is 0 Å². The van der Waals surface area contributed by atoms with Gasteiger partial charge in [-0.1, -0.05) is 0 Å². The second-order valence-electron chi connectivity index (χ2n) is 4.08. The summed E-state index contributed by atoms with van der Waals surface area (Å²) in [6, 6.07) is 6.81. The number of rotatable bonds is 4. The number of hydrogen-bond donors (Lipinski definition) is 1. The summed E-state index contributed by atoms with van der Waals surface area (Å²) in [5.74, 6) is 0. The van der Waals surface area contributed by atoms with E-state index in [0.717, 1.165) is 16.8 Å². The summed E-state index contributed by atoms with van der Waals surface area (Å²) in [4.78, 5) is 14.4. The van der Waals surface area contributed by atoms with Crippen molar-refractivity contribution in [3.63, 3.8) is 0 Å². The number of anilines is 1. The molecule has 1 aromatic carbocycles. The second-order valence-corrected chi connectivity index (χ2v) is 4.93. The summed E-state index contributed by atoms with van der Waals surface area (Å²) in [6.07, 6.45) is 3.56. The molecule has 0 fully saturated rings. The highest BCUT2D eigenvalue weighted by Crippen LogP contribution is 2.27. The molecule has 0 saturated heterocycles. The summed E-state index contributed by atoms with van der Waals surface area (Å²) in [5.41, 5.74) is 3.13. The molecule has 0 aliphatic heterocycles. The first-order valence-electron chi connectivity index (χ1n) is 5.65. The van der Waals surface area contributed by atoms with Crippen LogP contribution in [0.1, 0.15) is 11.1 Å². The summed E-state index contributed by atoms with van der Waals surface area (Å²) in [7, 11) is 0. The van der Waals surface area contributed by atoms with Crippen molar-refractivity contribution in [2.24, 2.45) is 0 Å². The van der Waals surface area contributed by atoms with E-state index in [9.17, 15) is 10.1 Å². The van der Waals surface area contributed by atoms with Gasteiger partial charge in [0.05, 0.1) is 9.40 Å². The molecule has 2 rings (SSSR count). The Bertz CT molecular complexity index is 617. The van der Waals surface area contributed by atoms with E-state index in [0.29, 0.717) is 11.0 Å². The van der Waals surface area contributed by atoms with Crippen LogP contribution in [0.3, 0.4) is 0 Å². The first-order chi connectivity index (χ1) is 9.08. The molecule has 1 N–H and O–H groups in total. The number of aryl methyl sites for hydroxylation is 1. The molecule has 1 aromatic heterocycles. The topological polar surface area (TPSA) is 68.1 Å². The molecule has 6 heteroatoms. The molecule has 0 atom stereocenters. The van der Waals surface area contributed by atoms with Crippen molar-refractivity contribution in [1.82, 2.24) is 4.98 Å². The first kappa shape index (κ1) is 13.5. The number of benzene rings is 1. The van der Waals surface area contributed by atoms with Gasteiger partial charge >= 0.3 is 0 Å². The van der Waals surface area contributed by atoms with Crippen LogP contribution < -0.4 is 5.32 Å². The number of pyridine rings is 1.